The van der Waals surface area contributed by atoms with E-state index in [1.807, 2.05) is 17.0 Å². The Morgan fingerprint density at radius 2 is 2.28 bits per heavy atom. The fourth-order valence-corrected chi connectivity index (χ4v) is 2.81. The van der Waals surface area contributed by atoms with Gasteiger partial charge in [0.25, 0.3) is 5.91 Å². The first-order valence-corrected chi connectivity index (χ1v) is 6.39. The lowest BCUT2D eigenvalue weighted by atomic mass is 10.1. The number of methoxy groups -OCH3 is 1. The third kappa shape index (κ3) is 1.77. The van der Waals surface area contributed by atoms with Crippen LogP contribution in [-0.4, -0.2) is 30.6 Å². The van der Waals surface area contributed by atoms with Crippen molar-refractivity contribution in [1.29, 1.82) is 0 Å². The van der Waals surface area contributed by atoms with Crippen molar-refractivity contribution in [1.82, 2.24) is 4.90 Å². The van der Waals surface area contributed by atoms with Crippen molar-refractivity contribution in [3.63, 3.8) is 0 Å². The minimum atomic E-state index is 0.0667. The predicted octanol–water partition coefficient (Wildman–Crippen LogP) is 1.65. The highest BCUT2D eigenvalue weighted by molar-refractivity contribution is 6.03. The van der Waals surface area contributed by atoms with Crippen molar-refractivity contribution in [2.24, 2.45) is 5.92 Å². The van der Waals surface area contributed by atoms with Crippen molar-refractivity contribution < 1.29 is 9.53 Å². The number of anilines is 1. The normalized spacial score (nSPS) is 20.1. The van der Waals surface area contributed by atoms with Crippen molar-refractivity contribution in [3.8, 4) is 0 Å². The molecule has 4 heteroatoms. The lowest BCUT2D eigenvalue weighted by Gasteiger charge is -2.27. The molecule has 0 bridgehead atoms. The van der Waals surface area contributed by atoms with Crippen LogP contribution in [0.3, 0.4) is 0 Å². The van der Waals surface area contributed by atoms with Crippen molar-refractivity contribution in [3.05, 3.63) is 29.3 Å². The molecule has 2 aliphatic rings. The minimum Gasteiger partial charge on any atom is -0.398 e. The van der Waals surface area contributed by atoms with Crippen LogP contribution >= 0.6 is 0 Å². The van der Waals surface area contributed by atoms with Crippen molar-refractivity contribution >= 4 is 11.6 Å². The maximum atomic E-state index is 12.5. The van der Waals surface area contributed by atoms with Gasteiger partial charge >= 0.3 is 0 Å². The van der Waals surface area contributed by atoms with Gasteiger partial charge in [-0.15, -0.1) is 0 Å². The Labute approximate surface area is 107 Å². The van der Waals surface area contributed by atoms with Gasteiger partial charge < -0.3 is 15.4 Å². The second-order valence-electron chi connectivity index (χ2n) is 5.17. The van der Waals surface area contributed by atoms with Crippen molar-refractivity contribution in [2.45, 2.75) is 25.4 Å². The number of carbonyl (C=O) groups is 1. The molecule has 1 aromatic rings. The Kier molecular flexibility index (Phi) is 2.74. The van der Waals surface area contributed by atoms with E-state index in [2.05, 4.69) is 0 Å². The molecule has 0 saturated heterocycles. The summed E-state index contributed by atoms with van der Waals surface area (Å²) < 4.78 is 5.27. The number of nitrogen functional groups attached to an aromatic ring is 1. The molecule has 1 heterocycles. The van der Waals surface area contributed by atoms with Crippen LogP contribution in [-0.2, 0) is 11.3 Å². The number of carbonyl (C=O) groups excluding carboxylic acids is 1. The molecule has 1 aliphatic heterocycles. The van der Waals surface area contributed by atoms with Crippen LogP contribution in [0.25, 0.3) is 0 Å². The van der Waals surface area contributed by atoms with E-state index in [0.29, 0.717) is 30.3 Å². The fraction of sp³-hybridized carbons (Fsp3) is 0.500. The molecule has 1 saturated carbocycles. The van der Waals surface area contributed by atoms with Gasteiger partial charge in [0.15, 0.2) is 0 Å². The summed E-state index contributed by atoms with van der Waals surface area (Å²) in [5.74, 6) is 0.668. The zero-order chi connectivity index (χ0) is 12.7. The summed E-state index contributed by atoms with van der Waals surface area (Å²) >= 11 is 0. The number of hydrogen-bond donors (Lipinski definition) is 1. The molecule has 1 aromatic carbocycles. The monoisotopic (exact) mass is 246 g/mol. The topological polar surface area (TPSA) is 55.6 Å². The van der Waals surface area contributed by atoms with Crippen molar-refractivity contribution in [2.75, 3.05) is 19.5 Å². The van der Waals surface area contributed by atoms with Gasteiger partial charge in [-0.3, -0.25) is 4.79 Å². The fourth-order valence-electron chi connectivity index (χ4n) is 2.81. The van der Waals surface area contributed by atoms with Crippen LogP contribution in [0.1, 0.15) is 28.8 Å². The molecule has 2 N–H and O–H groups in total. The highest BCUT2D eigenvalue weighted by Crippen LogP contribution is 2.39. The maximum absolute atomic E-state index is 12.5. The number of ether oxygens (including phenoxy) is 1. The Hall–Kier alpha value is -1.55. The van der Waals surface area contributed by atoms with Crippen LogP contribution < -0.4 is 5.73 Å². The summed E-state index contributed by atoms with van der Waals surface area (Å²) in [6.07, 6.45) is 2.40. The predicted molar refractivity (Wildman–Crippen MR) is 69.1 cm³/mol. The van der Waals surface area contributed by atoms with Gasteiger partial charge in [-0.05, 0) is 30.4 Å². The Morgan fingerprint density at radius 3 is 2.89 bits per heavy atom. The zero-order valence-electron chi connectivity index (χ0n) is 10.6. The highest BCUT2D eigenvalue weighted by Gasteiger charge is 2.41. The number of amides is 1. The number of rotatable bonds is 4. The molecule has 96 valence electrons. The van der Waals surface area contributed by atoms with E-state index in [4.69, 9.17) is 10.5 Å². The molecule has 0 aromatic heterocycles. The molecule has 3 rings (SSSR count). The summed E-state index contributed by atoms with van der Waals surface area (Å²) in [7, 11) is 1.69. The second kappa shape index (κ2) is 4.28. The van der Waals surface area contributed by atoms with Crippen LogP contribution in [0.5, 0.6) is 0 Å². The number of hydrogen-bond acceptors (Lipinski definition) is 3. The molecule has 4 nitrogen and oxygen atoms in total. The lowest BCUT2D eigenvalue weighted by Crippen LogP contribution is -2.40. The van der Waals surface area contributed by atoms with Crippen LogP contribution in [0, 0.1) is 5.92 Å². The van der Waals surface area contributed by atoms with E-state index < -0.39 is 0 Å². The van der Waals surface area contributed by atoms with E-state index in [0.717, 1.165) is 5.56 Å². The van der Waals surface area contributed by atoms with Gasteiger partial charge in [0, 0.05) is 19.3 Å². The zero-order valence-corrected chi connectivity index (χ0v) is 10.6. The highest BCUT2D eigenvalue weighted by atomic mass is 16.5. The minimum absolute atomic E-state index is 0.0667. The summed E-state index contributed by atoms with van der Waals surface area (Å²) in [6.45, 7) is 1.29. The van der Waals surface area contributed by atoms with Crippen LogP contribution in [0.4, 0.5) is 5.69 Å². The average Bonchev–Trinajstić information content (AvgIpc) is 3.12. The van der Waals surface area contributed by atoms with Crippen LogP contribution in [0.2, 0.25) is 0 Å². The smallest absolute Gasteiger partial charge is 0.256 e. The first-order chi connectivity index (χ1) is 8.72. The van der Waals surface area contributed by atoms with E-state index in [9.17, 15) is 4.79 Å². The SMILES string of the molecule is COC[C@@H](C1CC1)N1Cc2cccc(N)c2C1=O. The number of benzene rings is 1. The Bertz CT molecular complexity index is 483. The largest absolute Gasteiger partial charge is 0.398 e. The average molecular weight is 246 g/mol. The van der Waals surface area contributed by atoms with Gasteiger partial charge in [0.05, 0.1) is 18.2 Å². The summed E-state index contributed by atoms with van der Waals surface area (Å²) in [6, 6.07) is 5.89. The molecule has 0 spiro atoms. The molecular weight excluding hydrogens is 228 g/mol. The maximum Gasteiger partial charge on any atom is 0.256 e. The van der Waals surface area contributed by atoms with E-state index >= 15 is 0 Å². The third-order valence-electron chi connectivity index (χ3n) is 3.90. The molecule has 0 unspecified atom stereocenters. The summed E-state index contributed by atoms with van der Waals surface area (Å²) in [5, 5.41) is 0. The molecule has 0 radical (unpaired) electrons. The molecule has 1 fully saturated rings. The molecular formula is C14H18N2O2. The summed E-state index contributed by atoms with van der Waals surface area (Å²) in [4.78, 5) is 14.4. The van der Waals surface area contributed by atoms with E-state index in [1.165, 1.54) is 12.8 Å². The van der Waals surface area contributed by atoms with Crippen LogP contribution in [0.15, 0.2) is 18.2 Å². The van der Waals surface area contributed by atoms with Gasteiger partial charge in [-0.2, -0.15) is 0 Å². The van der Waals surface area contributed by atoms with Gasteiger partial charge in [0.1, 0.15) is 0 Å². The molecule has 18 heavy (non-hydrogen) atoms. The number of fused-ring (bicyclic) bond motifs is 1. The summed E-state index contributed by atoms with van der Waals surface area (Å²) in [5.41, 5.74) is 8.24. The molecule has 1 aliphatic carbocycles. The quantitative estimate of drug-likeness (QED) is 0.822. The van der Waals surface area contributed by atoms with E-state index in [-0.39, 0.29) is 11.9 Å². The Balaban J connectivity index is 1.89. The molecule has 1 atom stereocenters. The number of nitrogens with two attached hydrogens (primary N) is 1. The number of nitrogens with zero attached hydrogens (tertiary/aromatic N) is 1. The molecule has 1 amide bonds. The Morgan fingerprint density at radius 1 is 1.50 bits per heavy atom. The van der Waals surface area contributed by atoms with Gasteiger partial charge in [-0.1, -0.05) is 12.1 Å². The second-order valence-corrected chi connectivity index (χ2v) is 5.17. The standard InChI is InChI=1S/C14H18N2O2/c1-18-8-12(9-5-6-9)16-7-10-3-2-4-11(15)13(10)14(16)17/h2-4,9,12H,5-8,15H2,1H3/t12-/m0/s1. The first kappa shape index (κ1) is 11.5. The van der Waals surface area contributed by atoms with Gasteiger partial charge in [0.2, 0.25) is 0 Å². The van der Waals surface area contributed by atoms with E-state index in [1.54, 1.807) is 13.2 Å². The lowest BCUT2D eigenvalue weighted by molar-refractivity contribution is 0.0507. The third-order valence-corrected chi connectivity index (χ3v) is 3.90. The van der Waals surface area contributed by atoms with Gasteiger partial charge in [-0.25, -0.2) is 0 Å². The first-order valence-electron chi connectivity index (χ1n) is 6.39.